The van der Waals surface area contributed by atoms with Crippen LogP contribution in [0.4, 0.5) is 0 Å². The van der Waals surface area contributed by atoms with E-state index >= 15 is 0 Å². The summed E-state index contributed by atoms with van der Waals surface area (Å²) >= 11 is 5.86. The number of amides is 1. The topological polar surface area (TPSA) is 58.4 Å². The van der Waals surface area contributed by atoms with Gasteiger partial charge in [-0.1, -0.05) is 23.7 Å². The normalized spacial score (nSPS) is 17.1. The standard InChI is InChI=1S/C19H24ClN3O2/c1-13(2)23-12-9-21-18(23)15-7-10-22(11-8-15)19(25)17(24)14-3-5-16(20)6-4-14/h3-6,9,12-13,15,17,24H,7-8,10-11H2,1-2H3. The lowest BCUT2D eigenvalue weighted by atomic mass is 9.95. The number of imidazole rings is 1. The van der Waals surface area contributed by atoms with Crippen LogP contribution in [0.1, 0.15) is 56.1 Å². The van der Waals surface area contributed by atoms with E-state index in [-0.39, 0.29) is 5.91 Å². The highest BCUT2D eigenvalue weighted by molar-refractivity contribution is 6.30. The van der Waals surface area contributed by atoms with E-state index in [4.69, 9.17) is 11.6 Å². The molecule has 0 aliphatic carbocycles. The molecular weight excluding hydrogens is 338 g/mol. The number of piperidine rings is 1. The Bertz CT molecular complexity index is 719. The Labute approximate surface area is 153 Å². The molecule has 25 heavy (non-hydrogen) atoms. The van der Waals surface area contributed by atoms with E-state index in [0.717, 1.165) is 18.7 Å². The number of hydrogen-bond donors (Lipinski definition) is 1. The second-order valence-corrected chi connectivity index (χ2v) is 7.28. The van der Waals surface area contributed by atoms with Crippen LogP contribution < -0.4 is 0 Å². The Kier molecular flexibility index (Phi) is 5.45. The van der Waals surface area contributed by atoms with Crippen LogP contribution in [0.15, 0.2) is 36.7 Å². The molecule has 5 nitrogen and oxygen atoms in total. The highest BCUT2D eigenvalue weighted by Gasteiger charge is 2.30. The van der Waals surface area contributed by atoms with Crippen molar-refractivity contribution in [2.75, 3.05) is 13.1 Å². The van der Waals surface area contributed by atoms with Gasteiger partial charge in [0.05, 0.1) is 0 Å². The number of aliphatic hydroxyl groups excluding tert-OH is 1. The van der Waals surface area contributed by atoms with Crippen LogP contribution in [0, 0.1) is 0 Å². The van der Waals surface area contributed by atoms with Crippen molar-refractivity contribution in [3.8, 4) is 0 Å². The molecule has 0 spiro atoms. The summed E-state index contributed by atoms with van der Waals surface area (Å²) in [6, 6.07) is 7.13. The molecule has 3 rings (SSSR count). The maximum Gasteiger partial charge on any atom is 0.256 e. The molecule has 134 valence electrons. The van der Waals surface area contributed by atoms with E-state index in [1.807, 2.05) is 12.4 Å². The van der Waals surface area contributed by atoms with E-state index in [0.29, 0.717) is 35.6 Å². The summed E-state index contributed by atoms with van der Waals surface area (Å²) in [5.74, 6) is 1.21. The van der Waals surface area contributed by atoms with E-state index in [2.05, 4.69) is 23.4 Å². The van der Waals surface area contributed by atoms with Crippen molar-refractivity contribution in [2.24, 2.45) is 0 Å². The molecule has 1 aliphatic rings. The van der Waals surface area contributed by atoms with Gasteiger partial charge < -0.3 is 14.6 Å². The first-order valence-electron chi connectivity index (χ1n) is 8.72. The molecule has 1 atom stereocenters. The lowest BCUT2D eigenvalue weighted by Crippen LogP contribution is -2.41. The molecule has 1 aromatic carbocycles. The second kappa shape index (κ2) is 7.58. The molecule has 1 saturated heterocycles. The molecule has 0 saturated carbocycles. The fraction of sp³-hybridized carbons (Fsp3) is 0.474. The molecule has 1 aromatic heterocycles. The lowest BCUT2D eigenvalue weighted by Gasteiger charge is -2.33. The van der Waals surface area contributed by atoms with Gasteiger partial charge >= 0.3 is 0 Å². The van der Waals surface area contributed by atoms with Crippen molar-refractivity contribution in [3.63, 3.8) is 0 Å². The molecule has 1 fully saturated rings. The average molecular weight is 362 g/mol. The van der Waals surface area contributed by atoms with Crippen LogP contribution in [0.5, 0.6) is 0 Å². The summed E-state index contributed by atoms with van der Waals surface area (Å²) in [5.41, 5.74) is 0.576. The van der Waals surface area contributed by atoms with Gasteiger partial charge in [-0.25, -0.2) is 4.98 Å². The Balaban J connectivity index is 1.62. The predicted molar refractivity (Wildman–Crippen MR) is 97.6 cm³/mol. The number of hydrogen-bond acceptors (Lipinski definition) is 3. The number of aromatic nitrogens is 2. The van der Waals surface area contributed by atoms with Crippen LogP contribution in [0.3, 0.4) is 0 Å². The number of likely N-dealkylation sites (tertiary alicyclic amines) is 1. The van der Waals surface area contributed by atoms with Gasteiger partial charge in [-0.2, -0.15) is 0 Å². The van der Waals surface area contributed by atoms with Crippen LogP contribution in [0.2, 0.25) is 5.02 Å². The third-order valence-corrected chi connectivity index (χ3v) is 5.10. The zero-order chi connectivity index (χ0) is 18.0. The number of halogens is 1. The molecule has 1 amide bonds. The quantitative estimate of drug-likeness (QED) is 0.905. The fourth-order valence-corrected chi connectivity index (χ4v) is 3.52. The molecule has 2 aromatic rings. The highest BCUT2D eigenvalue weighted by Crippen LogP contribution is 2.30. The first-order chi connectivity index (χ1) is 12.0. The van der Waals surface area contributed by atoms with Crippen LogP contribution in [-0.2, 0) is 4.79 Å². The van der Waals surface area contributed by atoms with Gasteiger partial charge in [0, 0.05) is 42.5 Å². The minimum Gasteiger partial charge on any atom is -0.378 e. The summed E-state index contributed by atoms with van der Waals surface area (Å²) in [5, 5.41) is 10.9. The number of nitrogens with zero attached hydrogens (tertiary/aromatic N) is 3. The fourth-order valence-electron chi connectivity index (χ4n) is 3.40. The van der Waals surface area contributed by atoms with E-state index in [1.165, 1.54) is 0 Å². The lowest BCUT2D eigenvalue weighted by molar-refractivity contribution is -0.141. The average Bonchev–Trinajstić information content (AvgIpc) is 3.11. The molecule has 0 bridgehead atoms. The van der Waals surface area contributed by atoms with Gasteiger partial charge in [-0.3, -0.25) is 4.79 Å². The zero-order valence-electron chi connectivity index (χ0n) is 14.6. The van der Waals surface area contributed by atoms with Crippen LogP contribution >= 0.6 is 11.6 Å². The summed E-state index contributed by atoms with van der Waals surface area (Å²) in [6.45, 7) is 5.57. The van der Waals surface area contributed by atoms with Gasteiger partial charge in [-0.15, -0.1) is 0 Å². The Hall–Kier alpha value is -1.85. The number of benzene rings is 1. The minimum atomic E-state index is -1.13. The maximum atomic E-state index is 12.6. The number of carbonyl (C=O) groups is 1. The minimum absolute atomic E-state index is 0.243. The van der Waals surface area contributed by atoms with Gasteiger partial charge in [0.1, 0.15) is 5.82 Å². The van der Waals surface area contributed by atoms with E-state index in [1.54, 1.807) is 29.2 Å². The van der Waals surface area contributed by atoms with E-state index in [9.17, 15) is 9.90 Å². The maximum absolute atomic E-state index is 12.6. The molecular formula is C19H24ClN3O2. The largest absolute Gasteiger partial charge is 0.378 e. The summed E-state index contributed by atoms with van der Waals surface area (Å²) in [7, 11) is 0. The van der Waals surface area contributed by atoms with Gasteiger partial charge in [0.15, 0.2) is 6.10 Å². The number of rotatable bonds is 4. The molecule has 6 heteroatoms. The first-order valence-corrected chi connectivity index (χ1v) is 9.10. The second-order valence-electron chi connectivity index (χ2n) is 6.84. The summed E-state index contributed by atoms with van der Waals surface area (Å²) < 4.78 is 2.20. The molecule has 1 aliphatic heterocycles. The molecule has 1 unspecified atom stereocenters. The van der Waals surface area contributed by atoms with Gasteiger partial charge in [0.25, 0.3) is 5.91 Å². The van der Waals surface area contributed by atoms with Crippen molar-refractivity contribution in [1.29, 1.82) is 0 Å². The number of carbonyl (C=O) groups excluding carboxylic acids is 1. The Morgan fingerprint density at radius 3 is 2.48 bits per heavy atom. The predicted octanol–water partition coefficient (Wildman–Crippen LogP) is 3.56. The van der Waals surface area contributed by atoms with Crippen LogP contribution in [0.25, 0.3) is 0 Å². The summed E-state index contributed by atoms with van der Waals surface area (Å²) in [6.07, 6.45) is 4.45. The molecule has 1 N–H and O–H groups in total. The van der Waals surface area contributed by atoms with E-state index < -0.39 is 6.10 Å². The highest BCUT2D eigenvalue weighted by atomic mass is 35.5. The van der Waals surface area contributed by atoms with Gasteiger partial charge in [0.2, 0.25) is 0 Å². The van der Waals surface area contributed by atoms with Crippen molar-refractivity contribution >= 4 is 17.5 Å². The van der Waals surface area contributed by atoms with Crippen molar-refractivity contribution in [1.82, 2.24) is 14.5 Å². The third kappa shape index (κ3) is 3.88. The van der Waals surface area contributed by atoms with Crippen molar-refractivity contribution in [2.45, 2.75) is 44.8 Å². The smallest absolute Gasteiger partial charge is 0.256 e. The SMILES string of the molecule is CC(C)n1ccnc1C1CCN(C(=O)C(O)c2ccc(Cl)cc2)CC1. The van der Waals surface area contributed by atoms with Crippen molar-refractivity contribution in [3.05, 3.63) is 53.1 Å². The summed E-state index contributed by atoms with van der Waals surface area (Å²) in [4.78, 5) is 18.8. The molecule has 2 heterocycles. The van der Waals surface area contributed by atoms with Gasteiger partial charge in [-0.05, 0) is 44.4 Å². The third-order valence-electron chi connectivity index (χ3n) is 4.85. The molecule has 0 radical (unpaired) electrons. The van der Waals surface area contributed by atoms with Crippen LogP contribution in [-0.4, -0.2) is 38.6 Å². The number of aliphatic hydroxyl groups is 1. The zero-order valence-corrected chi connectivity index (χ0v) is 15.4. The van der Waals surface area contributed by atoms with Crippen molar-refractivity contribution < 1.29 is 9.90 Å². The first kappa shape index (κ1) is 18.0. The Morgan fingerprint density at radius 2 is 1.88 bits per heavy atom. The monoisotopic (exact) mass is 361 g/mol. The Morgan fingerprint density at radius 1 is 1.24 bits per heavy atom.